The van der Waals surface area contributed by atoms with Crippen molar-refractivity contribution in [1.82, 2.24) is 9.97 Å². The minimum Gasteiger partial charge on any atom is -0.444 e. The van der Waals surface area contributed by atoms with Crippen molar-refractivity contribution >= 4 is 44.2 Å². The number of rotatable bonds is 3. The summed E-state index contributed by atoms with van der Waals surface area (Å²) in [6.45, 7) is 5.39. The summed E-state index contributed by atoms with van der Waals surface area (Å²) in [7, 11) is 0. The van der Waals surface area contributed by atoms with Gasteiger partial charge >= 0.3 is 6.09 Å². The van der Waals surface area contributed by atoms with Crippen molar-refractivity contribution in [2.45, 2.75) is 26.4 Å². The third-order valence-electron chi connectivity index (χ3n) is 2.99. The molecule has 0 fully saturated rings. The average Bonchev–Trinajstić information content (AvgIpc) is 2.86. The quantitative estimate of drug-likeness (QED) is 0.693. The van der Waals surface area contributed by atoms with Crippen molar-refractivity contribution in [3.63, 3.8) is 0 Å². The van der Waals surface area contributed by atoms with Gasteiger partial charge in [0, 0.05) is 11.8 Å². The van der Waals surface area contributed by atoms with Crippen LogP contribution < -0.4 is 10.6 Å². The number of ether oxygens (including phenoxy) is 1. The van der Waals surface area contributed by atoms with Gasteiger partial charge in [0.1, 0.15) is 11.4 Å². The van der Waals surface area contributed by atoms with Gasteiger partial charge in [0.15, 0.2) is 5.13 Å². The number of hydrogen-bond acceptors (Lipinski definition) is 6. The summed E-state index contributed by atoms with van der Waals surface area (Å²) in [5.41, 5.74) is 1.50. The molecule has 130 valence electrons. The fraction of sp³-hybridized carbons (Fsp3) is 0.235. The maximum absolute atomic E-state index is 13.2. The molecule has 2 N–H and O–H groups in total. The van der Waals surface area contributed by atoms with Gasteiger partial charge in [-0.05, 0) is 39.0 Å². The van der Waals surface area contributed by atoms with Gasteiger partial charge in [-0.15, -0.1) is 0 Å². The number of halogens is 1. The van der Waals surface area contributed by atoms with Gasteiger partial charge in [0.25, 0.3) is 0 Å². The number of fused-ring (bicyclic) bond motifs is 1. The normalized spacial score (nSPS) is 11.4. The lowest BCUT2D eigenvalue weighted by atomic mass is 10.2. The zero-order valence-electron chi connectivity index (χ0n) is 14.0. The Hall–Kier alpha value is -2.74. The molecule has 2 aromatic heterocycles. The van der Waals surface area contributed by atoms with Crippen LogP contribution in [0.4, 0.5) is 25.7 Å². The van der Waals surface area contributed by atoms with E-state index >= 15 is 0 Å². The minimum atomic E-state index is -0.573. The number of aromatic nitrogens is 2. The lowest BCUT2D eigenvalue weighted by molar-refractivity contribution is 0.0636. The van der Waals surface area contributed by atoms with Gasteiger partial charge in [-0.3, -0.25) is 10.3 Å². The third-order valence-corrected chi connectivity index (χ3v) is 3.92. The fourth-order valence-electron chi connectivity index (χ4n) is 2.09. The van der Waals surface area contributed by atoms with E-state index < -0.39 is 17.5 Å². The summed E-state index contributed by atoms with van der Waals surface area (Å²) in [5.74, 6) is -0.410. The topological polar surface area (TPSA) is 76.1 Å². The third kappa shape index (κ3) is 4.63. The van der Waals surface area contributed by atoms with E-state index in [9.17, 15) is 9.18 Å². The summed E-state index contributed by atoms with van der Waals surface area (Å²) in [4.78, 5) is 20.0. The van der Waals surface area contributed by atoms with Crippen molar-refractivity contribution in [2.24, 2.45) is 0 Å². The molecule has 1 amide bonds. The lowest BCUT2D eigenvalue weighted by Crippen LogP contribution is -2.27. The van der Waals surface area contributed by atoms with Crippen LogP contribution in [0.15, 0.2) is 36.7 Å². The number of carbonyl (C=O) groups is 1. The van der Waals surface area contributed by atoms with E-state index in [4.69, 9.17) is 4.74 Å². The van der Waals surface area contributed by atoms with Crippen molar-refractivity contribution in [2.75, 3.05) is 10.6 Å². The first-order valence-corrected chi connectivity index (χ1v) is 8.38. The molecule has 0 aliphatic heterocycles. The van der Waals surface area contributed by atoms with Crippen LogP contribution in [0.3, 0.4) is 0 Å². The summed E-state index contributed by atoms with van der Waals surface area (Å²) in [5, 5.41) is 6.17. The molecule has 8 heteroatoms. The molecule has 0 aliphatic carbocycles. The predicted octanol–water partition coefficient (Wildman–Crippen LogP) is 4.92. The number of benzene rings is 1. The molecule has 0 aliphatic rings. The molecular formula is C17H17FN4O2S. The Morgan fingerprint density at radius 1 is 1.20 bits per heavy atom. The van der Waals surface area contributed by atoms with Crippen molar-refractivity contribution < 1.29 is 13.9 Å². The Morgan fingerprint density at radius 3 is 2.72 bits per heavy atom. The second-order valence-electron chi connectivity index (χ2n) is 6.35. The van der Waals surface area contributed by atoms with E-state index in [2.05, 4.69) is 20.6 Å². The molecule has 2 heterocycles. The summed E-state index contributed by atoms with van der Waals surface area (Å²) in [6.07, 6.45) is 2.14. The van der Waals surface area contributed by atoms with Crippen LogP contribution >= 0.6 is 11.3 Å². The highest BCUT2D eigenvalue weighted by Gasteiger charge is 2.17. The van der Waals surface area contributed by atoms with Gasteiger partial charge in [-0.1, -0.05) is 11.3 Å². The molecule has 0 spiro atoms. The van der Waals surface area contributed by atoms with Crippen LogP contribution in [-0.2, 0) is 4.74 Å². The lowest BCUT2D eigenvalue weighted by Gasteiger charge is -2.18. The van der Waals surface area contributed by atoms with E-state index in [-0.39, 0.29) is 0 Å². The zero-order chi connectivity index (χ0) is 18.0. The highest BCUT2D eigenvalue weighted by Crippen LogP contribution is 2.29. The maximum atomic E-state index is 13.2. The SMILES string of the molecule is CC(C)(C)OC(=O)Nc1nc2ccc(Nc3cncc(F)c3)cc2s1. The number of amides is 1. The van der Waals surface area contributed by atoms with Crippen molar-refractivity contribution in [1.29, 1.82) is 0 Å². The van der Waals surface area contributed by atoms with Gasteiger partial charge in [-0.2, -0.15) is 0 Å². The van der Waals surface area contributed by atoms with Crippen LogP contribution in [0.1, 0.15) is 20.8 Å². The Kier molecular flexibility index (Phi) is 4.54. The van der Waals surface area contributed by atoms with Crippen LogP contribution in [0, 0.1) is 5.82 Å². The van der Waals surface area contributed by atoms with Crippen LogP contribution in [0.25, 0.3) is 10.2 Å². The molecular weight excluding hydrogens is 343 g/mol. The molecule has 0 saturated heterocycles. The number of pyridine rings is 1. The predicted molar refractivity (Wildman–Crippen MR) is 97.0 cm³/mol. The van der Waals surface area contributed by atoms with Crippen molar-refractivity contribution in [3.8, 4) is 0 Å². The maximum Gasteiger partial charge on any atom is 0.413 e. The molecule has 0 atom stereocenters. The molecule has 0 radical (unpaired) electrons. The van der Waals surface area contributed by atoms with E-state index in [1.807, 2.05) is 18.2 Å². The highest BCUT2D eigenvalue weighted by atomic mass is 32.1. The van der Waals surface area contributed by atoms with Gasteiger partial charge < -0.3 is 10.1 Å². The van der Waals surface area contributed by atoms with Crippen LogP contribution in [-0.4, -0.2) is 21.7 Å². The van der Waals surface area contributed by atoms with Gasteiger partial charge in [0.2, 0.25) is 0 Å². The molecule has 6 nitrogen and oxygen atoms in total. The monoisotopic (exact) mass is 360 g/mol. The fourth-order valence-corrected chi connectivity index (χ4v) is 2.98. The standard InChI is InChI=1S/C17H17FN4O2S/c1-17(2,3)24-16(23)22-15-21-13-5-4-11(7-14(13)25-15)20-12-6-10(18)8-19-9-12/h4-9,20H,1-3H3,(H,21,22,23). The van der Waals surface area contributed by atoms with Crippen LogP contribution in [0.5, 0.6) is 0 Å². The molecule has 3 aromatic rings. The number of anilines is 3. The first-order chi connectivity index (χ1) is 11.8. The number of nitrogens with zero attached hydrogens (tertiary/aromatic N) is 2. The first kappa shape index (κ1) is 17.1. The smallest absolute Gasteiger partial charge is 0.413 e. The molecule has 0 bridgehead atoms. The van der Waals surface area contributed by atoms with E-state index in [1.165, 1.54) is 23.6 Å². The Labute approximate surface area is 148 Å². The Morgan fingerprint density at radius 2 is 2.00 bits per heavy atom. The Bertz CT molecular complexity index is 920. The molecule has 0 unspecified atom stereocenters. The first-order valence-electron chi connectivity index (χ1n) is 7.57. The van der Waals surface area contributed by atoms with E-state index in [0.717, 1.165) is 22.1 Å². The Balaban J connectivity index is 1.76. The number of hydrogen-bond donors (Lipinski definition) is 2. The number of nitrogens with one attached hydrogen (secondary N) is 2. The van der Waals surface area contributed by atoms with E-state index in [1.54, 1.807) is 20.8 Å². The zero-order valence-corrected chi connectivity index (χ0v) is 14.8. The van der Waals surface area contributed by atoms with Crippen molar-refractivity contribution in [3.05, 3.63) is 42.5 Å². The second kappa shape index (κ2) is 6.64. The largest absolute Gasteiger partial charge is 0.444 e. The number of thiazole rings is 1. The number of carbonyl (C=O) groups excluding carboxylic acids is 1. The molecule has 25 heavy (non-hydrogen) atoms. The molecule has 1 aromatic carbocycles. The summed E-state index contributed by atoms with van der Waals surface area (Å²) >= 11 is 1.33. The van der Waals surface area contributed by atoms with Gasteiger partial charge in [0.05, 0.1) is 28.3 Å². The highest BCUT2D eigenvalue weighted by molar-refractivity contribution is 7.22. The summed E-state index contributed by atoms with van der Waals surface area (Å²) in [6, 6.07) is 6.88. The minimum absolute atomic E-state index is 0.410. The van der Waals surface area contributed by atoms with E-state index in [0.29, 0.717) is 10.8 Å². The molecule has 3 rings (SSSR count). The average molecular weight is 360 g/mol. The molecule has 0 saturated carbocycles. The van der Waals surface area contributed by atoms with Crippen LogP contribution in [0.2, 0.25) is 0 Å². The second-order valence-corrected chi connectivity index (χ2v) is 7.38. The summed E-state index contributed by atoms with van der Waals surface area (Å²) < 4.78 is 19.3. The van der Waals surface area contributed by atoms with Gasteiger partial charge in [-0.25, -0.2) is 14.2 Å².